The van der Waals surface area contributed by atoms with E-state index < -0.39 is 9.84 Å². The smallest absolute Gasteiger partial charge is 0.228 e. The molecule has 1 aliphatic carbocycles. The number of anilines is 1. The van der Waals surface area contributed by atoms with Gasteiger partial charge in [-0.2, -0.15) is 0 Å². The van der Waals surface area contributed by atoms with Crippen LogP contribution >= 0.6 is 0 Å². The molecular formula is C25H30N2O3S. The highest BCUT2D eigenvalue weighted by Gasteiger charge is 2.27. The fourth-order valence-corrected chi connectivity index (χ4v) is 6.55. The summed E-state index contributed by atoms with van der Waals surface area (Å²) in [5, 5.41) is 3.81. The van der Waals surface area contributed by atoms with Gasteiger partial charge in [-0.25, -0.2) is 8.42 Å². The van der Waals surface area contributed by atoms with Crippen LogP contribution < -0.4 is 5.32 Å². The molecular weight excluding hydrogens is 408 g/mol. The average Bonchev–Trinajstić information content (AvgIpc) is 3.12. The van der Waals surface area contributed by atoms with Gasteiger partial charge in [0.05, 0.1) is 17.4 Å². The van der Waals surface area contributed by atoms with Gasteiger partial charge in [0.2, 0.25) is 5.91 Å². The standard InChI is InChI=1S/C25H30N2O3S/c1-2-27-17-20(23-13-6-7-14-24(23)27)16-25(28)26-21-10-8-9-19(15-21)18-31(29,30)22-11-4-3-5-12-22/h6-10,13-15,17,22H,2-5,11-12,16,18H2,1H3,(H,26,28). The number of amides is 1. The molecule has 6 heteroatoms. The summed E-state index contributed by atoms with van der Waals surface area (Å²) in [5.74, 6) is -0.0722. The monoisotopic (exact) mass is 438 g/mol. The quantitative estimate of drug-likeness (QED) is 0.559. The maximum absolute atomic E-state index is 12.8. The molecule has 0 aliphatic heterocycles. The van der Waals surface area contributed by atoms with Gasteiger partial charge in [-0.3, -0.25) is 4.79 Å². The fraction of sp³-hybridized carbons (Fsp3) is 0.400. The first-order valence-corrected chi connectivity index (χ1v) is 12.8. The van der Waals surface area contributed by atoms with Gasteiger partial charge in [0.1, 0.15) is 0 Å². The first-order valence-electron chi connectivity index (χ1n) is 11.1. The molecule has 164 valence electrons. The van der Waals surface area contributed by atoms with Crippen molar-refractivity contribution in [1.29, 1.82) is 0 Å². The van der Waals surface area contributed by atoms with E-state index >= 15 is 0 Å². The van der Waals surface area contributed by atoms with Crippen molar-refractivity contribution in [2.75, 3.05) is 5.32 Å². The lowest BCUT2D eigenvalue weighted by atomic mass is 10.0. The molecule has 0 unspecified atom stereocenters. The van der Waals surface area contributed by atoms with Crippen LogP contribution in [-0.4, -0.2) is 24.1 Å². The highest BCUT2D eigenvalue weighted by atomic mass is 32.2. The highest BCUT2D eigenvalue weighted by Crippen LogP contribution is 2.27. The molecule has 1 aromatic heterocycles. The van der Waals surface area contributed by atoms with Gasteiger partial charge in [0, 0.05) is 29.3 Å². The molecule has 31 heavy (non-hydrogen) atoms. The van der Waals surface area contributed by atoms with Crippen molar-refractivity contribution in [3.8, 4) is 0 Å². The van der Waals surface area contributed by atoms with Crippen LogP contribution in [-0.2, 0) is 33.4 Å². The number of nitrogens with zero attached hydrogens (tertiary/aromatic N) is 1. The summed E-state index contributed by atoms with van der Waals surface area (Å²) >= 11 is 0. The molecule has 0 atom stereocenters. The van der Waals surface area contributed by atoms with Crippen molar-refractivity contribution in [2.45, 2.75) is 63.0 Å². The number of aromatic nitrogens is 1. The van der Waals surface area contributed by atoms with E-state index in [0.717, 1.165) is 60.7 Å². The number of rotatable bonds is 7. The molecule has 1 saturated carbocycles. The van der Waals surface area contributed by atoms with E-state index in [-0.39, 0.29) is 23.3 Å². The van der Waals surface area contributed by atoms with Gasteiger partial charge < -0.3 is 9.88 Å². The van der Waals surface area contributed by atoms with Crippen LogP contribution in [0, 0.1) is 0 Å². The molecule has 0 bridgehead atoms. The lowest BCUT2D eigenvalue weighted by Gasteiger charge is -2.21. The van der Waals surface area contributed by atoms with Crippen LogP contribution in [0.15, 0.2) is 54.7 Å². The van der Waals surface area contributed by atoms with E-state index in [1.807, 2.05) is 42.6 Å². The largest absolute Gasteiger partial charge is 0.347 e. The normalized spacial score (nSPS) is 15.3. The molecule has 0 saturated heterocycles. The number of aryl methyl sites for hydroxylation is 1. The summed E-state index contributed by atoms with van der Waals surface area (Å²) in [5.41, 5.74) is 3.49. The summed E-state index contributed by atoms with van der Waals surface area (Å²) in [6.07, 6.45) is 6.97. The third kappa shape index (κ3) is 5.01. The minimum Gasteiger partial charge on any atom is -0.347 e. The van der Waals surface area contributed by atoms with E-state index in [0.29, 0.717) is 5.69 Å². The van der Waals surface area contributed by atoms with Gasteiger partial charge in [0.25, 0.3) is 0 Å². The predicted molar refractivity (Wildman–Crippen MR) is 126 cm³/mol. The summed E-state index contributed by atoms with van der Waals surface area (Å²) < 4.78 is 27.7. The molecule has 2 aromatic carbocycles. The number of carbonyl (C=O) groups excluding carboxylic acids is 1. The second kappa shape index (κ2) is 9.27. The van der Waals surface area contributed by atoms with Gasteiger partial charge in [-0.05, 0) is 49.1 Å². The minimum atomic E-state index is -3.17. The molecule has 1 fully saturated rings. The Labute approximate surface area is 184 Å². The fourth-order valence-electron chi connectivity index (χ4n) is 4.62. The maximum atomic E-state index is 12.8. The number of nitrogens with one attached hydrogen (secondary N) is 1. The molecule has 5 nitrogen and oxygen atoms in total. The van der Waals surface area contributed by atoms with Crippen LogP contribution in [0.3, 0.4) is 0 Å². The van der Waals surface area contributed by atoms with Crippen LogP contribution in [0.25, 0.3) is 10.9 Å². The van der Waals surface area contributed by atoms with E-state index in [4.69, 9.17) is 0 Å². The van der Waals surface area contributed by atoms with Gasteiger partial charge in [-0.1, -0.05) is 49.6 Å². The zero-order chi connectivity index (χ0) is 21.8. The first-order chi connectivity index (χ1) is 15.0. The zero-order valence-corrected chi connectivity index (χ0v) is 18.8. The zero-order valence-electron chi connectivity index (χ0n) is 18.0. The Bertz CT molecular complexity index is 1170. The van der Waals surface area contributed by atoms with Crippen molar-refractivity contribution in [3.63, 3.8) is 0 Å². The number of fused-ring (bicyclic) bond motifs is 1. The Morgan fingerprint density at radius 2 is 1.84 bits per heavy atom. The van der Waals surface area contributed by atoms with Crippen molar-refractivity contribution in [2.24, 2.45) is 0 Å². The molecule has 3 aromatic rings. The Hall–Kier alpha value is -2.60. The Morgan fingerprint density at radius 1 is 1.06 bits per heavy atom. The van der Waals surface area contributed by atoms with E-state index in [1.54, 1.807) is 6.07 Å². The topological polar surface area (TPSA) is 68.2 Å². The second-order valence-electron chi connectivity index (χ2n) is 8.45. The highest BCUT2D eigenvalue weighted by molar-refractivity contribution is 7.91. The average molecular weight is 439 g/mol. The third-order valence-corrected chi connectivity index (χ3v) is 8.42. The van der Waals surface area contributed by atoms with Gasteiger partial charge in [0.15, 0.2) is 9.84 Å². The Morgan fingerprint density at radius 3 is 2.61 bits per heavy atom. The molecule has 1 N–H and O–H groups in total. The number of sulfone groups is 1. The van der Waals surface area contributed by atoms with Crippen LogP contribution in [0.1, 0.15) is 50.2 Å². The Balaban J connectivity index is 1.45. The Kier molecular flexibility index (Phi) is 6.46. The molecule has 1 amide bonds. The van der Waals surface area contributed by atoms with E-state index in [9.17, 15) is 13.2 Å². The van der Waals surface area contributed by atoms with Gasteiger partial charge in [-0.15, -0.1) is 0 Å². The maximum Gasteiger partial charge on any atom is 0.228 e. The molecule has 1 heterocycles. The third-order valence-electron chi connectivity index (χ3n) is 6.20. The second-order valence-corrected chi connectivity index (χ2v) is 10.7. The van der Waals surface area contributed by atoms with Crippen molar-refractivity contribution in [1.82, 2.24) is 4.57 Å². The SMILES string of the molecule is CCn1cc(CC(=O)Nc2cccc(CS(=O)(=O)C3CCCCC3)c2)c2ccccc21. The van der Waals surface area contributed by atoms with Crippen LogP contribution in [0.5, 0.6) is 0 Å². The lowest BCUT2D eigenvalue weighted by molar-refractivity contribution is -0.115. The molecule has 0 spiro atoms. The molecule has 4 rings (SSSR count). The van der Waals surface area contributed by atoms with Crippen LogP contribution in [0.2, 0.25) is 0 Å². The van der Waals surface area contributed by atoms with E-state index in [1.165, 1.54) is 0 Å². The van der Waals surface area contributed by atoms with Crippen molar-refractivity contribution < 1.29 is 13.2 Å². The van der Waals surface area contributed by atoms with E-state index in [2.05, 4.69) is 22.9 Å². The molecule has 0 radical (unpaired) electrons. The van der Waals surface area contributed by atoms with Gasteiger partial charge >= 0.3 is 0 Å². The lowest BCUT2D eigenvalue weighted by Crippen LogP contribution is -2.25. The summed E-state index contributed by atoms with van der Waals surface area (Å²) in [7, 11) is -3.17. The van der Waals surface area contributed by atoms with Crippen molar-refractivity contribution >= 4 is 32.3 Å². The number of benzene rings is 2. The summed E-state index contributed by atoms with van der Waals surface area (Å²) in [4.78, 5) is 12.7. The summed E-state index contributed by atoms with van der Waals surface area (Å²) in [6.45, 7) is 2.93. The number of para-hydroxylation sites is 1. The van der Waals surface area contributed by atoms with Crippen molar-refractivity contribution in [3.05, 3.63) is 65.9 Å². The molecule has 1 aliphatic rings. The predicted octanol–water partition coefficient (Wildman–Crippen LogP) is 5.09. The summed E-state index contributed by atoms with van der Waals surface area (Å²) in [6, 6.07) is 15.3. The minimum absolute atomic E-state index is 0.0331. The number of carbonyl (C=O) groups is 1. The number of hydrogen-bond acceptors (Lipinski definition) is 3. The van der Waals surface area contributed by atoms with Crippen LogP contribution in [0.4, 0.5) is 5.69 Å². The first kappa shape index (κ1) is 21.6. The number of hydrogen-bond donors (Lipinski definition) is 1.